The molecule has 0 aliphatic heterocycles. The second-order valence-electron chi connectivity index (χ2n) is 7.67. The van der Waals surface area contributed by atoms with Gasteiger partial charge >= 0.3 is 6.03 Å². The van der Waals surface area contributed by atoms with E-state index in [0.717, 1.165) is 16.8 Å². The molecule has 0 spiro atoms. The van der Waals surface area contributed by atoms with Gasteiger partial charge in [-0.05, 0) is 73.2 Å². The molecule has 0 bridgehead atoms. The highest BCUT2D eigenvalue weighted by atomic mass is 16.2. The highest BCUT2D eigenvalue weighted by Crippen LogP contribution is 2.23. The van der Waals surface area contributed by atoms with Crippen LogP contribution >= 0.6 is 0 Å². The summed E-state index contributed by atoms with van der Waals surface area (Å²) >= 11 is 0. The number of rotatable bonds is 8. The summed E-state index contributed by atoms with van der Waals surface area (Å²) in [5.41, 5.74) is 23.0. The zero-order valence-electron chi connectivity index (χ0n) is 20.1. The maximum Gasteiger partial charge on any atom is 0.323 e. The topological polar surface area (TPSA) is 168 Å². The van der Waals surface area contributed by atoms with Crippen LogP contribution in [-0.4, -0.2) is 30.5 Å². The molecule has 3 aromatic rings. The summed E-state index contributed by atoms with van der Waals surface area (Å²) in [6.07, 6.45) is 1.68. The molecule has 0 heterocycles. The number of hydrogen-bond donors (Lipinski definition) is 6. The standard InChI is InChI=1S/C26H29N9O/c1-4-23(22-15-18(27)7-14-24(22)30-3)31-19-10-12-21(13-11-19)33-26(36)32-20-8-5-17(6-9-20)16(2)34-35-25(28)29/h4-15,30H,1,27H2,2-3H3,(H4,28,29,35)(H2,32,33,36)/b31-23?,34-16+. The van der Waals surface area contributed by atoms with Crippen molar-refractivity contribution in [1.82, 2.24) is 0 Å². The molecule has 0 atom stereocenters. The molecule has 36 heavy (non-hydrogen) atoms. The van der Waals surface area contributed by atoms with Gasteiger partial charge < -0.3 is 33.2 Å². The smallest absolute Gasteiger partial charge is 0.323 e. The maximum atomic E-state index is 12.4. The Morgan fingerprint density at radius 1 is 0.917 bits per heavy atom. The van der Waals surface area contributed by atoms with Gasteiger partial charge in [0.15, 0.2) is 0 Å². The number of carbonyl (C=O) groups excluding carboxylic acids is 1. The van der Waals surface area contributed by atoms with Crippen LogP contribution in [-0.2, 0) is 0 Å². The van der Waals surface area contributed by atoms with E-state index in [1.807, 2.05) is 25.2 Å². The zero-order valence-corrected chi connectivity index (χ0v) is 20.1. The highest BCUT2D eigenvalue weighted by Gasteiger charge is 2.08. The third-order valence-electron chi connectivity index (χ3n) is 5.03. The summed E-state index contributed by atoms with van der Waals surface area (Å²) in [4.78, 5) is 17.1. The van der Waals surface area contributed by atoms with Crippen LogP contribution in [0.2, 0.25) is 0 Å². The number of nitrogens with one attached hydrogen (secondary N) is 3. The number of anilines is 4. The number of amides is 2. The third-order valence-corrected chi connectivity index (χ3v) is 5.03. The molecule has 10 heteroatoms. The van der Waals surface area contributed by atoms with Gasteiger partial charge in [0, 0.05) is 35.4 Å². The SMILES string of the molecule is C=CC(=Nc1ccc(NC(=O)Nc2ccc(/C(C)=N/N=C(N)N)cc2)cc1)c1cc(N)ccc1NC. The van der Waals surface area contributed by atoms with E-state index >= 15 is 0 Å². The Morgan fingerprint density at radius 3 is 2.08 bits per heavy atom. The van der Waals surface area contributed by atoms with E-state index in [2.05, 4.69) is 37.7 Å². The van der Waals surface area contributed by atoms with Gasteiger partial charge in [-0.3, -0.25) is 0 Å². The van der Waals surface area contributed by atoms with Crippen molar-refractivity contribution in [3.8, 4) is 0 Å². The van der Waals surface area contributed by atoms with Gasteiger partial charge in [-0.25, -0.2) is 9.79 Å². The Balaban J connectivity index is 1.66. The van der Waals surface area contributed by atoms with E-state index in [4.69, 9.17) is 17.2 Å². The molecular formula is C26H29N9O. The van der Waals surface area contributed by atoms with Crippen LogP contribution in [0.25, 0.3) is 0 Å². The molecule has 0 radical (unpaired) electrons. The van der Waals surface area contributed by atoms with Crippen LogP contribution in [0.4, 0.5) is 33.2 Å². The fraction of sp³-hybridized carbons (Fsp3) is 0.0769. The number of carbonyl (C=O) groups is 1. The van der Waals surface area contributed by atoms with Gasteiger partial charge in [-0.1, -0.05) is 18.7 Å². The first-order chi connectivity index (χ1) is 17.3. The fourth-order valence-corrected chi connectivity index (χ4v) is 3.24. The lowest BCUT2D eigenvalue weighted by Gasteiger charge is -2.11. The molecule has 0 aliphatic carbocycles. The van der Waals surface area contributed by atoms with Crippen molar-refractivity contribution >= 4 is 51.9 Å². The highest BCUT2D eigenvalue weighted by molar-refractivity contribution is 6.13. The second kappa shape index (κ2) is 11.8. The summed E-state index contributed by atoms with van der Waals surface area (Å²) in [6, 6.07) is 19.4. The van der Waals surface area contributed by atoms with E-state index in [9.17, 15) is 4.79 Å². The quantitative estimate of drug-likeness (QED) is 0.122. The molecule has 3 aromatic carbocycles. The maximum absolute atomic E-state index is 12.4. The van der Waals surface area contributed by atoms with Gasteiger partial charge in [0.1, 0.15) is 0 Å². The molecule has 0 unspecified atom stereocenters. The summed E-state index contributed by atoms with van der Waals surface area (Å²) < 4.78 is 0. The fourth-order valence-electron chi connectivity index (χ4n) is 3.24. The summed E-state index contributed by atoms with van der Waals surface area (Å²) in [6.45, 7) is 5.66. The van der Waals surface area contributed by atoms with Crippen LogP contribution in [0.1, 0.15) is 18.1 Å². The zero-order chi connectivity index (χ0) is 26.1. The lowest BCUT2D eigenvalue weighted by molar-refractivity contribution is 0.262. The predicted octanol–water partition coefficient (Wildman–Crippen LogP) is 4.26. The van der Waals surface area contributed by atoms with E-state index in [0.29, 0.717) is 34.2 Å². The molecule has 3 rings (SSSR count). The Labute approximate surface area is 209 Å². The van der Waals surface area contributed by atoms with Crippen LogP contribution in [0.3, 0.4) is 0 Å². The van der Waals surface area contributed by atoms with Gasteiger partial charge in [-0.2, -0.15) is 5.10 Å². The van der Waals surface area contributed by atoms with Crippen LogP contribution < -0.4 is 33.2 Å². The van der Waals surface area contributed by atoms with Gasteiger partial charge in [0.05, 0.1) is 17.1 Å². The molecule has 0 fully saturated rings. The molecule has 0 saturated carbocycles. The van der Waals surface area contributed by atoms with Crippen molar-refractivity contribution in [2.45, 2.75) is 6.92 Å². The second-order valence-corrected chi connectivity index (χ2v) is 7.67. The average molecular weight is 484 g/mol. The van der Waals surface area contributed by atoms with Gasteiger partial charge in [-0.15, -0.1) is 5.10 Å². The monoisotopic (exact) mass is 483 g/mol. The lowest BCUT2D eigenvalue weighted by Crippen LogP contribution is -2.22. The molecule has 0 aliphatic rings. The number of benzene rings is 3. The first kappa shape index (κ1) is 25.5. The summed E-state index contributed by atoms with van der Waals surface area (Å²) in [5.74, 6) is -0.116. The summed E-state index contributed by atoms with van der Waals surface area (Å²) in [5, 5.41) is 16.3. The largest absolute Gasteiger partial charge is 0.399 e. The number of nitrogens with two attached hydrogens (primary N) is 3. The third kappa shape index (κ3) is 6.94. The van der Waals surface area contributed by atoms with Crippen molar-refractivity contribution in [3.63, 3.8) is 0 Å². The normalized spacial score (nSPS) is 11.4. The molecule has 9 N–H and O–H groups in total. The van der Waals surface area contributed by atoms with E-state index in [1.165, 1.54) is 0 Å². The minimum absolute atomic E-state index is 0.116. The number of guanidine groups is 1. The van der Waals surface area contributed by atoms with Gasteiger partial charge in [0.2, 0.25) is 5.96 Å². The van der Waals surface area contributed by atoms with Gasteiger partial charge in [0.25, 0.3) is 0 Å². The number of urea groups is 1. The number of hydrogen-bond acceptors (Lipinski definition) is 6. The minimum atomic E-state index is -0.380. The van der Waals surface area contributed by atoms with Crippen molar-refractivity contribution in [3.05, 3.63) is 90.5 Å². The Hall–Kier alpha value is -5.12. The molecule has 0 aromatic heterocycles. The van der Waals surface area contributed by atoms with Crippen LogP contribution in [0.5, 0.6) is 0 Å². The lowest BCUT2D eigenvalue weighted by atomic mass is 10.1. The minimum Gasteiger partial charge on any atom is -0.399 e. The molecule has 2 amide bonds. The Kier molecular flexibility index (Phi) is 8.39. The first-order valence-electron chi connectivity index (χ1n) is 11.0. The number of nitrogen functional groups attached to an aromatic ring is 1. The number of allylic oxidation sites excluding steroid dienone is 1. The number of nitrogens with zero attached hydrogens (tertiary/aromatic N) is 3. The van der Waals surface area contributed by atoms with Crippen LogP contribution in [0, 0.1) is 0 Å². The van der Waals surface area contributed by atoms with Crippen molar-refractivity contribution in [1.29, 1.82) is 0 Å². The Bertz CT molecular complexity index is 1320. The van der Waals surface area contributed by atoms with Crippen LogP contribution in [0.15, 0.2) is 94.6 Å². The molecule has 10 nitrogen and oxygen atoms in total. The van der Waals surface area contributed by atoms with Crippen molar-refractivity contribution in [2.24, 2.45) is 26.7 Å². The Morgan fingerprint density at radius 2 is 1.53 bits per heavy atom. The summed E-state index contributed by atoms with van der Waals surface area (Å²) in [7, 11) is 1.83. The predicted molar refractivity (Wildman–Crippen MR) is 150 cm³/mol. The molecule has 184 valence electrons. The molecular weight excluding hydrogens is 454 g/mol. The van der Waals surface area contributed by atoms with Crippen molar-refractivity contribution in [2.75, 3.05) is 28.7 Å². The average Bonchev–Trinajstić information content (AvgIpc) is 2.87. The first-order valence-corrected chi connectivity index (χ1v) is 11.0. The van der Waals surface area contributed by atoms with E-state index in [-0.39, 0.29) is 12.0 Å². The van der Waals surface area contributed by atoms with E-state index in [1.54, 1.807) is 61.5 Å². The molecule has 0 saturated heterocycles. The number of aliphatic imine (C=N–C) groups is 1. The van der Waals surface area contributed by atoms with Crippen molar-refractivity contribution < 1.29 is 4.79 Å². The van der Waals surface area contributed by atoms with E-state index < -0.39 is 0 Å².